The highest BCUT2D eigenvalue weighted by Crippen LogP contribution is 2.17. The molecule has 0 bridgehead atoms. The lowest BCUT2D eigenvalue weighted by atomic mass is 10.2. The number of amides is 2. The Hall–Kier alpha value is -2.59. The van der Waals surface area contributed by atoms with Gasteiger partial charge in [-0.3, -0.25) is 9.69 Å². The SMILES string of the molecule is CC(C)(C)OC(=O)N1CCN(Cc2nnc(C(=O)Nc3ccc(F)cc3)s2)CC1. The van der Waals surface area contributed by atoms with E-state index in [2.05, 4.69) is 20.4 Å². The van der Waals surface area contributed by atoms with Crippen LogP contribution in [-0.4, -0.2) is 63.8 Å². The summed E-state index contributed by atoms with van der Waals surface area (Å²) in [5, 5.41) is 11.7. The van der Waals surface area contributed by atoms with E-state index in [1.165, 1.54) is 35.6 Å². The van der Waals surface area contributed by atoms with E-state index in [0.717, 1.165) is 5.01 Å². The number of halogens is 1. The number of hydrogen-bond acceptors (Lipinski definition) is 7. The first-order valence-electron chi connectivity index (χ1n) is 9.29. The van der Waals surface area contributed by atoms with Crippen LogP contribution in [-0.2, 0) is 11.3 Å². The largest absolute Gasteiger partial charge is 0.444 e. The number of carbonyl (C=O) groups excluding carboxylic acids is 2. The van der Waals surface area contributed by atoms with Gasteiger partial charge in [-0.25, -0.2) is 9.18 Å². The molecule has 10 heteroatoms. The summed E-state index contributed by atoms with van der Waals surface area (Å²) in [5.74, 6) is -0.747. The van der Waals surface area contributed by atoms with Gasteiger partial charge in [0.1, 0.15) is 16.4 Å². The van der Waals surface area contributed by atoms with Gasteiger partial charge in [-0.05, 0) is 45.0 Å². The van der Waals surface area contributed by atoms with Gasteiger partial charge in [0.15, 0.2) is 0 Å². The topological polar surface area (TPSA) is 87.7 Å². The highest BCUT2D eigenvalue weighted by atomic mass is 32.1. The first kappa shape index (κ1) is 21.1. The van der Waals surface area contributed by atoms with Crippen molar-refractivity contribution in [2.24, 2.45) is 0 Å². The second-order valence-electron chi connectivity index (χ2n) is 7.71. The Bertz CT molecular complexity index is 857. The molecule has 0 aliphatic carbocycles. The van der Waals surface area contributed by atoms with Crippen LogP contribution >= 0.6 is 11.3 Å². The Morgan fingerprint density at radius 2 is 1.79 bits per heavy atom. The van der Waals surface area contributed by atoms with Crippen molar-refractivity contribution in [1.82, 2.24) is 20.0 Å². The number of hydrogen-bond donors (Lipinski definition) is 1. The van der Waals surface area contributed by atoms with E-state index in [0.29, 0.717) is 38.4 Å². The summed E-state index contributed by atoms with van der Waals surface area (Å²) in [4.78, 5) is 28.2. The lowest BCUT2D eigenvalue weighted by molar-refractivity contribution is 0.0139. The van der Waals surface area contributed by atoms with Crippen molar-refractivity contribution in [3.8, 4) is 0 Å². The van der Waals surface area contributed by atoms with Gasteiger partial charge in [0.2, 0.25) is 5.01 Å². The summed E-state index contributed by atoms with van der Waals surface area (Å²) in [6.07, 6.45) is -0.298. The summed E-state index contributed by atoms with van der Waals surface area (Å²) < 4.78 is 18.3. The summed E-state index contributed by atoms with van der Waals surface area (Å²) in [6, 6.07) is 5.52. The summed E-state index contributed by atoms with van der Waals surface area (Å²) >= 11 is 1.22. The molecule has 1 N–H and O–H groups in total. The quantitative estimate of drug-likeness (QED) is 0.817. The van der Waals surface area contributed by atoms with Crippen LogP contribution in [0.3, 0.4) is 0 Å². The first-order chi connectivity index (χ1) is 13.7. The molecule has 0 spiro atoms. The second kappa shape index (κ2) is 8.83. The van der Waals surface area contributed by atoms with Crippen LogP contribution in [0.4, 0.5) is 14.9 Å². The fraction of sp³-hybridized carbons (Fsp3) is 0.474. The molecule has 1 fully saturated rings. The molecule has 0 radical (unpaired) electrons. The van der Waals surface area contributed by atoms with Crippen LogP contribution < -0.4 is 5.32 Å². The average Bonchev–Trinajstić information content (AvgIpc) is 3.11. The van der Waals surface area contributed by atoms with Gasteiger partial charge >= 0.3 is 6.09 Å². The maximum atomic E-state index is 12.9. The van der Waals surface area contributed by atoms with Crippen molar-refractivity contribution in [1.29, 1.82) is 0 Å². The Labute approximate surface area is 172 Å². The molecule has 3 rings (SSSR count). The van der Waals surface area contributed by atoms with E-state index in [4.69, 9.17) is 4.74 Å². The molecule has 156 valence electrons. The smallest absolute Gasteiger partial charge is 0.410 e. The Morgan fingerprint density at radius 3 is 2.41 bits per heavy atom. The number of ether oxygens (including phenoxy) is 1. The third-order valence-electron chi connectivity index (χ3n) is 4.15. The standard InChI is InChI=1S/C19H24FN5O3S/c1-19(2,3)28-18(27)25-10-8-24(9-11-25)12-15-22-23-17(29-15)16(26)21-14-6-4-13(20)5-7-14/h4-7H,8-12H2,1-3H3,(H,21,26). The molecule has 0 unspecified atom stereocenters. The Morgan fingerprint density at radius 1 is 1.14 bits per heavy atom. The van der Waals surface area contributed by atoms with Gasteiger partial charge in [0.25, 0.3) is 5.91 Å². The lowest BCUT2D eigenvalue weighted by Crippen LogP contribution is -2.49. The third-order valence-corrected chi connectivity index (χ3v) is 5.05. The molecular weight excluding hydrogens is 397 g/mol. The van der Waals surface area contributed by atoms with Crippen LogP contribution in [0.25, 0.3) is 0 Å². The third kappa shape index (κ3) is 6.20. The molecule has 2 aromatic rings. The molecule has 2 amide bonds. The number of rotatable bonds is 4. The maximum Gasteiger partial charge on any atom is 0.410 e. The fourth-order valence-corrected chi connectivity index (χ4v) is 3.51. The van der Waals surface area contributed by atoms with Crippen LogP contribution in [0.1, 0.15) is 35.6 Å². The zero-order valence-corrected chi connectivity index (χ0v) is 17.5. The highest BCUT2D eigenvalue weighted by molar-refractivity contribution is 7.13. The normalized spacial score (nSPS) is 15.2. The Kier molecular flexibility index (Phi) is 6.43. The molecule has 1 saturated heterocycles. The minimum absolute atomic E-state index is 0.247. The van der Waals surface area contributed by atoms with Crippen molar-refractivity contribution in [3.63, 3.8) is 0 Å². The molecule has 0 atom stereocenters. The molecule has 1 aliphatic rings. The van der Waals surface area contributed by atoms with E-state index >= 15 is 0 Å². The first-order valence-corrected chi connectivity index (χ1v) is 10.1. The molecule has 1 aromatic heterocycles. The number of nitrogens with zero attached hydrogens (tertiary/aromatic N) is 4. The second-order valence-corrected chi connectivity index (χ2v) is 8.77. The number of nitrogens with one attached hydrogen (secondary N) is 1. The number of piperazine rings is 1. The number of carbonyl (C=O) groups is 2. The minimum Gasteiger partial charge on any atom is -0.444 e. The lowest BCUT2D eigenvalue weighted by Gasteiger charge is -2.35. The summed E-state index contributed by atoms with van der Waals surface area (Å²) in [7, 11) is 0. The van der Waals surface area contributed by atoms with Crippen molar-refractivity contribution in [3.05, 3.63) is 40.1 Å². The van der Waals surface area contributed by atoms with E-state index in [1.807, 2.05) is 20.8 Å². The predicted molar refractivity (Wildman–Crippen MR) is 107 cm³/mol. The maximum absolute atomic E-state index is 12.9. The van der Waals surface area contributed by atoms with Gasteiger partial charge in [-0.2, -0.15) is 0 Å². The van der Waals surface area contributed by atoms with Crippen LogP contribution in [0, 0.1) is 5.82 Å². The van der Waals surface area contributed by atoms with Gasteiger partial charge in [-0.15, -0.1) is 10.2 Å². The molecule has 8 nitrogen and oxygen atoms in total. The molecule has 1 aromatic carbocycles. The van der Waals surface area contributed by atoms with E-state index in [-0.39, 0.29) is 22.8 Å². The van der Waals surface area contributed by atoms with Crippen LogP contribution in [0.2, 0.25) is 0 Å². The van der Waals surface area contributed by atoms with Crippen molar-refractivity contribution in [2.45, 2.75) is 32.9 Å². The van der Waals surface area contributed by atoms with Crippen molar-refractivity contribution in [2.75, 3.05) is 31.5 Å². The predicted octanol–water partition coefficient (Wildman–Crippen LogP) is 2.98. The van der Waals surface area contributed by atoms with Crippen molar-refractivity contribution < 1.29 is 18.7 Å². The minimum atomic E-state index is -0.508. The fourth-order valence-electron chi connectivity index (χ4n) is 2.73. The molecule has 2 heterocycles. The van der Waals surface area contributed by atoms with Gasteiger partial charge in [-0.1, -0.05) is 11.3 Å². The van der Waals surface area contributed by atoms with Crippen molar-refractivity contribution >= 4 is 29.0 Å². The summed E-state index contributed by atoms with van der Waals surface area (Å²) in [6.45, 7) is 8.63. The molecule has 1 aliphatic heterocycles. The Balaban J connectivity index is 1.49. The van der Waals surface area contributed by atoms with Gasteiger partial charge < -0.3 is 15.0 Å². The van der Waals surface area contributed by atoms with Gasteiger partial charge in [0, 0.05) is 31.9 Å². The van der Waals surface area contributed by atoms with Crippen LogP contribution in [0.15, 0.2) is 24.3 Å². The zero-order chi connectivity index (χ0) is 21.0. The number of anilines is 1. The zero-order valence-electron chi connectivity index (χ0n) is 16.6. The van der Waals surface area contributed by atoms with E-state index in [9.17, 15) is 14.0 Å². The van der Waals surface area contributed by atoms with Crippen LogP contribution in [0.5, 0.6) is 0 Å². The summed E-state index contributed by atoms with van der Waals surface area (Å²) in [5.41, 5.74) is -0.0162. The van der Waals surface area contributed by atoms with E-state index < -0.39 is 5.60 Å². The molecular formula is C19H24FN5O3S. The number of benzene rings is 1. The highest BCUT2D eigenvalue weighted by Gasteiger charge is 2.26. The average molecular weight is 421 g/mol. The monoisotopic (exact) mass is 421 g/mol. The van der Waals surface area contributed by atoms with Gasteiger partial charge in [0.05, 0.1) is 6.54 Å². The molecule has 0 saturated carbocycles. The van der Waals surface area contributed by atoms with E-state index in [1.54, 1.807) is 4.90 Å². The molecule has 29 heavy (non-hydrogen) atoms. The number of aromatic nitrogens is 2.